The lowest BCUT2D eigenvalue weighted by Gasteiger charge is -2.37. The molecule has 2 aliphatic rings. The zero-order chi connectivity index (χ0) is 22.8. The van der Waals surface area contributed by atoms with E-state index in [2.05, 4.69) is 9.97 Å². The fourth-order valence-corrected chi connectivity index (χ4v) is 5.23. The van der Waals surface area contributed by atoms with E-state index >= 15 is 0 Å². The number of para-hydroxylation sites is 1. The molecule has 4 heterocycles. The third-order valence-corrected chi connectivity index (χ3v) is 6.97. The minimum absolute atomic E-state index is 0.000647. The SMILES string of the molecule is Cc1ncc(C(=O)N2CCCCC2)c(C2CCCCN2C(=O)Cc2c[nH]c3ccccc23)n1. The first-order valence-corrected chi connectivity index (χ1v) is 12.1. The van der Waals surface area contributed by atoms with Crippen molar-refractivity contribution >= 4 is 22.7 Å². The highest BCUT2D eigenvalue weighted by Crippen LogP contribution is 2.33. The van der Waals surface area contributed by atoms with Crippen molar-refractivity contribution in [2.45, 2.75) is 57.9 Å². The molecule has 2 amide bonds. The van der Waals surface area contributed by atoms with E-state index in [-0.39, 0.29) is 17.9 Å². The molecule has 2 fully saturated rings. The van der Waals surface area contributed by atoms with Crippen molar-refractivity contribution in [3.8, 4) is 0 Å². The van der Waals surface area contributed by atoms with Gasteiger partial charge in [0.15, 0.2) is 0 Å². The molecule has 2 aromatic heterocycles. The summed E-state index contributed by atoms with van der Waals surface area (Å²) in [5.41, 5.74) is 3.31. The van der Waals surface area contributed by atoms with Gasteiger partial charge in [0, 0.05) is 42.9 Å². The van der Waals surface area contributed by atoms with Crippen molar-refractivity contribution in [3.63, 3.8) is 0 Å². The summed E-state index contributed by atoms with van der Waals surface area (Å²) in [6, 6.07) is 7.86. The zero-order valence-electron chi connectivity index (χ0n) is 19.2. The number of likely N-dealkylation sites (tertiary alicyclic amines) is 2. The molecule has 2 saturated heterocycles. The van der Waals surface area contributed by atoms with Gasteiger partial charge in [-0.1, -0.05) is 18.2 Å². The van der Waals surface area contributed by atoms with E-state index in [1.165, 1.54) is 6.42 Å². The largest absolute Gasteiger partial charge is 0.361 e. The van der Waals surface area contributed by atoms with E-state index in [4.69, 9.17) is 4.98 Å². The molecule has 2 aliphatic heterocycles. The Morgan fingerprint density at radius 1 is 1.06 bits per heavy atom. The molecule has 0 saturated carbocycles. The summed E-state index contributed by atoms with van der Waals surface area (Å²) in [5, 5.41) is 1.08. The lowest BCUT2D eigenvalue weighted by molar-refractivity contribution is -0.134. The van der Waals surface area contributed by atoms with E-state index < -0.39 is 0 Å². The molecule has 3 aromatic rings. The van der Waals surface area contributed by atoms with Crippen LogP contribution in [0.3, 0.4) is 0 Å². The second-order valence-electron chi connectivity index (χ2n) is 9.20. The second kappa shape index (κ2) is 9.33. The topological polar surface area (TPSA) is 82.2 Å². The van der Waals surface area contributed by atoms with Gasteiger partial charge in [0.2, 0.25) is 5.91 Å². The zero-order valence-corrected chi connectivity index (χ0v) is 19.2. The molecule has 172 valence electrons. The van der Waals surface area contributed by atoms with Crippen LogP contribution in [0.25, 0.3) is 10.9 Å². The standard InChI is InChI=1S/C26H31N5O2/c1-18-27-17-21(26(33)30-12-6-2-7-13-30)25(29-18)23-11-5-8-14-31(23)24(32)15-19-16-28-22-10-4-3-9-20(19)22/h3-4,9-10,16-17,23,28H,2,5-8,11-15H2,1H3. The summed E-state index contributed by atoms with van der Waals surface area (Å²) >= 11 is 0. The average Bonchev–Trinajstić information content (AvgIpc) is 3.27. The Morgan fingerprint density at radius 3 is 2.70 bits per heavy atom. The summed E-state index contributed by atoms with van der Waals surface area (Å²) in [6.07, 6.45) is 9.97. The molecule has 1 atom stereocenters. The van der Waals surface area contributed by atoms with E-state index in [1.54, 1.807) is 6.20 Å². The van der Waals surface area contributed by atoms with Crippen molar-refractivity contribution in [1.29, 1.82) is 0 Å². The van der Waals surface area contributed by atoms with Crippen LogP contribution in [0, 0.1) is 6.92 Å². The monoisotopic (exact) mass is 445 g/mol. The molecule has 7 heteroatoms. The molecule has 7 nitrogen and oxygen atoms in total. The van der Waals surface area contributed by atoms with Gasteiger partial charge in [0.05, 0.1) is 23.7 Å². The number of nitrogens with zero attached hydrogens (tertiary/aromatic N) is 4. The molecule has 0 radical (unpaired) electrons. The average molecular weight is 446 g/mol. The van der Waals surface area contributed by atoms with Gasteiger partial charge in [-0.25, -0.2) is 9.97 Å². The predicted molar refractivity (Wildman–Crippen MR) is 127 cm³/mol. The molecule has 1 unspecified atom stereocenters. The van der Waals surface area contributed by atoms with Gasteiger partial charge in [-0.05, 0) is 57.1 Å². The van der Waals surface area contributed by atoms with Gasteiger partial charge in [0.25, 0.3) is 5.91 Å². The summed E-state index contributed by atoms with van der Waals surface area (Å²) in [6.45, 7) is 4.09. The molecule has 5 rings (SSSR count). The number of aromatic amines is 1. The van der Waals surface area contributed by atoms with E-state index in [1.807, 2.05) is 47.2 Å². The number of rotatable bonds is 4. The highest BCUT2D eigenvalue weighted by Gasteiger charge is 2.33. The Kier molecular flexibility index (Phi) is 6.11. The lowest BCUT2D eigenvalue weighted by atomic mass is 9.94. The quantitative estimate of drug-likeness (QED) is 0.653. The third kappa shape index (κ3) is 4.36. The maximum Gasteiger partial charge on any atom is 0.257 e. The van der Waals surface area contributed by atoms with Crippen LogP contribution >= 0.6 is 0 Å². The third-order valence-electron chi connectivity index (χ3n) is 6.97. The number of aromatic nitrogens is 3. The highest BCUT2D eigenvalue weighted by molar-refractivity contribution is 5.95. The number of benzene rings is 1. The Morgan fingerprint density at radius 2 is 1.85 bits per heavy atom. The number of fused-ring (bicyclic) bond motifs is 1. The normalized spacial score (nSPS) is 19.1. The summed E-state index contributed by atoms with van der Waals surface area (Å²) in [7, 11) is 0. The van der Waals surface area contributed by atoms with Gasteiger partial charge in [-0.15, -0.1) is 0 Å². The number of aryl methyl sites for hydroxylation is 1. The van der Waals surface area contributed by atoms with E-state index in [0.717, 1.165) is 61.7 Å². The number of carbonyl (C=O) groups excluding carboxylic acids is 2. The molecule has 0 spiro atoms. The predicted octanol–water partition coefficient (Wildman–Crippen LogP) is 4.19. The Balaban J connectivity index is 1.44. The van der Waals surface area contributed by atoms with Gasteiger partial charge >= 0.3 is 0 Å². The Labute approximate surface area is 194 Å². The summed E-state index contributed by atoms with van der Waals surface area (Å²) in [4.78, 5) is 43.1. The van der Waals surface area contributed by atoms with Crippen molar-refractivity contribution < 1.29 is 9.59 Å². The minimum Gasteiger partial charge on any atom is -0.361 e. The highest BCUT2D eigenvalue weighted by atomic mass is 16.2. The number of amides is 2. The van der Waals surface area contributed by atoms with Crippen LogP contribution in [0.2, 0.25) is 0 Å². The van der Waals surface area contributed by atoms with Crippen molar-refractivity contribution in [2.24, 2.45) is 0 Å². The van der Waals surface area contributed by atoms with Crippen molar-refractivity contribution in [1.82, 2.24) is 24.8 Å². The number of piperidine rings is 2. The van der Waals surface area contributed by atoms with Crippen LogP contribution in [-0.4, -0.2) is 56.2 Å². The van der Waals surface area contributed by atoms with Crippen molar-refractivity contribution in [3.05, 3.63) is 59.3 Å². The second-order valence-corrected chi connectivity index (χ2v) is 9.20. The Hall–Kier alpha value is -3.22. The van der Waals surface area contributed by atoms with Gasteiger partial charge in [-0.3, -0.25) is 9.59 Å². The smallest absolute Gasteiger partial charge is 0.257 e. The molecule has 1 aromatic carbocycles. The van der Waals surface area contributed by atoms with Gasteiger partial charge in [0.1, 0.15) is 5.82 Å². The van der Waals surface area contributed by atoms with Gasteiger partial charge < -0.3 is 14.8 Å². The van der Waals surface area contributed by atoms with Crippen LogP contribution in [0.1, 0.15) is 72.0 Å². The minimum atomic E-state index is -0.193. The first-order valence-electron chi connectivity index (χ1n) is 12.1. The first kappa shape index (κ1) is 21.6. The Bertz CT molecular complexity index is 1160. The van der Waals surface area contributed by atoms with Crippen LogP contribution in [-0.2, 0) is 11.2 Å². The lowest BCUT2D eigenvalue weighted by Crippen LogP contribution is -2.42. The van der Waals surface area contributed by atoms with Gasteiger partial charge in [-0.2, -0.15) is 0 Å². The molecular formula is C26H31N5O2. The summed E-state index contributed by atoms with van der Waals surface area (Å²) < 4.78 is 0. The first-order chi connectivity index (χ1) is 16.1. The van der Waals surface area contributed by atoms with E-state index in [0.29, 0.717) is 30.0 Å². The van der Waals surface area contributed by atoms with E-state index in [9.17, 15) is 9.59 Å². The van der Waals surface area contributed by atoms with Crippen LogP contribution in [0.4, 0.5) is 0 Å². The summed E-state index contributed by atoms with van der Waals surface area (Å²) in [5.74, 6) is 0.714. The maximum atomic E-state index is 13.5. The van der Waals surface area contributed by atoms with Crippen LogP contribution < -0.4 is 0 Å². The fourth-order valence-electron chi connectivity index (χ4n) is 5.23. The van der Waals surface area contributed by atoms with Crippen LogP contribution in [0.5, 0.6) is 0 Å². The van der Waals surface area contributed by atoms with Crippen molar-refractivity contribution in [2.75, 3.05) is 19.6 Å². The molecule has 33 heavy (non-hydrogen) atoms. The molecule has 1 N–H and O–H groups in total. The number of H-pyrrole nitrogens is 1. The maximum absolute atomic E-state index is 13.5. The number of hydrogen-bond acceptors (Lipinski definition) is 4. The molecular weight excluding hydrogens is 414 g/mol. The fraction of sp³-hybridized carbons (Fsp3) is 0.462. The number of nitrogens with one attached hydrogen (secondary N) is 1. The molecule has 0 bridgehead atoms. The number of hydrogen-bond donors (Lipinski definition) is 1. The van der Waals surface area contributed by atoms with Crippen LogP contribution in [0.15, 0.2) is 36.7 Å². The molecule has 0 aliphatic carbocycles. The number of carbonyl (C=O) groups is 2.